The highest BCUT2D eigenvalue weighted by Crippen LogP contribution is 2.29. The Hall–Kier alpha value is -2.93. The Kier molecular flexibility index (Phi) is 6.03. The number of ether oxygens (including phenoxy) is 3. The highest BCUT2D eigenvalue weighted by Gasteiger charge is 2.19. The molecule has 0 aromatic heterocycles. The van der Waals surface area contributed by atoms with Crippen LogP contribution in [0.25, 0.3) is 0 Å². The monoisotopic (exact) mass is 372 g/mol. The van der Waals surface area contributed by atoms with E-state index in [1.807, 2.05) is 35.2 Å². The zero-order valence-corrected chi connectivity index (χ0v) is 15.5. The number of benzene rings is 2. The van der Waals surface area contributed by atoms with Crippen molar-refractivity contribution in [2.75, 3.05) is 50.7 Å². The molecule has 7 nitrogen and oxygen atoms in total. The number of methoxy groups -OCH3 is 2. The summed E-state index contributed by atoms with van der Waals surface area (Å²) in [4.78, 5) is 13.8. The van der Waals surface area contributed by atoms with Gasteiger partial charge >= 0.3 is 5.97 Å². The lowest BCUT2D eigenvalue weighted by Gasteiger charge is -2.30. The largest absolute Gasteiger partial charge is 0.493 e. The number of carbonyl (C=O) groups is 1. The lowest BCUT2D eigenvalue weighted by atomic mass is 10.1. The molecule has 0 aliphatic carbocycles. The summed E-state index contributed by atoms with van der Waals surface area (Å²) >= 11 is 0. The summed E-state index contributed by atoms with van der Waals surface area (Å²) in [7, 11) is 3.19. The molecule has 27 heavy (non-hydrogen) atoms. The van der Waals surface area contributed by atoms with E-state index in [2.05, 4.69) is 5.32 Å². The average Bonchev–Trinajstić information content (AvgIpc) is 2.72. The smallest absolute Gasteiger partial charge is 0.337 e. The average molecular weight is 372 g/mol. The highest BCUT2D eigenvalue weighted by atomic mass is 16.5. The van der Waals surface area contributed by atoms with Gasteiger partial charge in [0, 0.05) is 25.3 Å². The van der Waals surface area contributed by atoms with E-state index in [9.17, 15) is 9.90 Å². The number of aromatic carboxylic acids is 1. The molecule has 3 rings (SSSR count). The Morgan fingerprint density at radius 1 is 1.11 bits per heavy atom. The Morgan fingerprint density at radius 3 is 2.52 bits per heavy atom. The number of morpholine rings is 1. The number of nitrogens with one attached hydrogen (secondary N) is 1. The Bertz CT molecular complexity index is 803. The van der Waals surface area contributed by atoms with E-state index >= 15 is 0 Å². The van der Waals surface area contributed by atoms with E-state index in [0.717, 1.165) is 16.9 Å². The van der Waals surface area contributed by atoms with Crippen LogP contribution < -0.4 is 19.7 Å². The van der Waals surface area contributed by atoms with E-state index in [1.54, 1.807) is 20.3 Å². The van der Waals surface area contributed by atoms with E-state index < -0.39 is 5.97 Å². The molecule has 7 heteroatoms. The molecule has 1 fully saturated rings. The van der Waals surface area contributed by atoms with Gasteiger partial charge in [-0.25, -0.2) is 4.79 Å². The summed E-state index contributed by atoms with van der Waals surface area (Å²) in [5, 5.41) is 12.9. The second-order valence-electron chi connectivity index (χ2n) is 6.18. The van der Waals surface area contributed by atoms with Gasteiger partial charge < -0.3 is 29.5 Å². The van der Waals surface area contributed by atoms with Gasteiger partial charge in [0.1, 0.15) is 0 Å². The molecule has 2 N–H and O–H groups in total. The molecule has 2 aromatic carbocycles. The summed E-state index contributed by atoms with van der Waals surface area (Å²) in [6.07, 6.45) is 0. The van der Waals surface area contributed by atoms with Crippen LogP contribution in [0.1, 0.15) is 15.9 Å². The molecule has 2 aromatic rings. The first-order chi connectivity index (χ1) is 13.1. The highest BCUT2D eigenvalue weighted by molar-refractivity contribution is 5.95. The van der Waals surface area contributed by atoms with Gasteiger partial charge in [-0.3, -0.25) is 0 Å². The lowest BCUT2D eigenvalue weighted by Crippen LogP contribution is -2.37. The predicted molar refractivity (Wildman–Crippen MR) is 103 cm³/mol. The molecular weight excluding hydrogens is 348 g/mol. The van der Waals surface area contributed by atoms with Crippen molar-refractivity contribution in [1.82, 2.24) is 0 Å². The fourth-order valence-electron chi connectivity index (χ4n) is 3.09. The zero-order chi connectivity index (χ0) is 19.2. The van der Waals surface area contributed by atoms with E-state index in [-0.39, 0.29) is 5.56 Å². The third kappa shape index (κ3) is 4.43. The van der Waals surface area contributed by atoms with Crippen LogP contribution in [0.15, 0.2) is 36.4 Å². The number of hydrogen-bond donors (Lipinski definition) is 2. The maximum atomic E-state index is 11.7. The third-order valence-corrected chi connectivity index (χ3v) is 4.52. The fraction of sp³-hybridized carbons (Fsp3) is 0.350. The van der Waals surface area contributed by atoms with Crippen molar-refractivity contribution >= 4 is 17.3 Å². The van der Waals surface area contributed by atoms with Crippen LogP contribution in [-0.2, 0) is 11.3 Å². The van der Waals surface area contributed by atoms with E-state index in [1.165, 1.54) is 0 Å². The maximum absolute atomic E-state index is 11.7. The van der Waals surface area contributed by atoms with Gasteiger partial charge in [0.2, 0.25) is 0 Å². The minimum atomic E-state index is -0.939. The lowest BCUT2D eigenvalue weighted by molar-refractivity contribution is 0.0696. The fourth-order valence-corrected chi connectivity index (χ4v) is 3.09. The molecule has 1 saturated heterocycles. The SMILES string of the molecule is COc1ccc(CNc2ccc(N3CCOCC3)c(C(=O)O)c2)cc1OC. The summed E-state index contributed by atoms with van der Waals surface area (Å²) in [6.45, 7) is 3.14. The van der Waals surface area contributed by atoms with Crippen LogP contribution in [0, 0.1) is 0 Å². The second-order valence-corrected chi connectivity index (χ2v) is 6.18. The normalized spacial score (nSPS) is 13.9. The van der Waals surface area contributed by atoms with Crippen molar-refractivity contribution in [2.45, 2.75) is 6.54 Å². The Balaban J connectivity index is 1.75. The van der Waals surface area contributed by atoms with Gasteiger partial charge in [0.05, 0.1) is 38.7 Å². The van der Waals surface area contributed by atoms with Gasteiger partial charge in [-0.1, -0.05) is 6.07 Å². The first kappa shape index (κ1) is 18.8. The van der Waals surface area contributed by atoms with Crippen LogP contribution >= 0.6 is 0 Å². The molecule has 0 radical (unpaired) electrons. The molecular formula is C20H24N2O5. The number of anilines is 2. The van der Waals surface area contributed by atoms with Crippen molar-refractivity contribution < 1.29 is 24.1 Å². The number of carboxylic acid groups (broad SMARTS) is 1. The van der Waals surface area contributed by atoms with Crippen LogP contribution in [0.3, 0.4) is 0 Å². The minimum Gasteiger partial charge on any atom is -0.493 e. The number of nitrogens with zero attached hydrogens (tertiary/aromatic N) is 1. The molecule has 0 saturated carbocycles. The quantitative estimate of drug-likeness (QED) is 0.773. The van der Waals surface area contributed by atoms with Crippen molar-refractivity contribution in [3.8, 4) is 11.5 Å². The number of hydrogen-bond acceptors (Lipinski definition) is 6. The van der Waals surface area contributed by atoms with Crippen molar-refractivity contribution in [3.05, 3.63) is 47.5 Å². The molecule has 0 atom stereocenters. The van der Waals surface area contributed by atoms with Gasteiger partial charge in [-0.2, -0.15) is 0 Å². The zero-order valence-electron chi connectivity index (χ0n) is 15.5. The molecule has 0 amide bonds. The standard InChI is InChI=1S/C20H24N2O5/c1-25-18-6-3-14(11-19(18)26-2)13-21-15-4-5-17(16(12-15)20(23)24)22-7-9-27-10-8-22/h3-6,11-12,21H,7-10,13H2,1-2H3,(H,23,24). The molecule has 1 aliphatic heterocycles. The van der Waals surface area contributed by atoms with Crippen molar-refractivity contribution in [3.63, 3.8) is 0 Å². The van der Waals surface area contributed by atoms with E-state index in [0.29, 0.717) is 44.3 Å². The third-order valence-electron chi connectivity index (χ3n) is 4.52. The van der Waals surface area contributed by atoms with Gasteiger partial charge in [0.15, 0.2) is 11.5 Å². The van der Waals surface area contributed by atoms with Gasteiger partial charge in [-0.05, 0) is 35.9 Å². The summed E-state index contributed by atoms with van der Waals surface area (Å²) in [6, 6.07) is 11.1. The summed E-state index contributed by atoms with van der Waals surface area (Å²) in [5.41, 5.74) is 2.76. The first-order valence-electron chi connectivity index (χ1n) is 8.77. The van der Waals surface area contributed by atoms with Crippen LogP contribution in [-0.4, -0.2) is 51.6 Å². The van der Waals surface area contributed by atoms with Crippen LogP contribution in [0.5, 0.6) is 11.5 Å². The molecule has 144 valence electrons. The topological polar surface area (TPSA) is 80.3 Å². The molecule has 0 bridgehead atoms. The van der Waals surface area contributed by atoms with Gasteiger partial charge in [0.25, 0.3) is 0 Å². The van der Waals surface area contributed by atoms with Crippen LogP contribution in [0.2, 0.25) is 0 Å². The minimum absolute atomic E-state index is 0.286. The number of carboxylic acids is 1. The summed E-state index contributed by atoms with van der Waals surface area (Å²) in [5.74, 6) is 0.390. The molecule has 1 heterocycles. The van der Waals surface area contributed by atoms with Crippen molar-refractivity contribution in [1.29, 1.82) is 0 Å². The van der Waals surface area contributed by atoms with E-state index in [4.69, 9.17) is 14.2 Å². The maximum Gasteiger partial charge on any atom is 0.337 e. The van der Waals surface area contributed by atoms with Crippen LogP contribution in [0.4, 0.5) is 11.4 Å². The molecule has 0 spiro atoms. The Labute approximate surface area is 158 Å². The van der Waals surface area contributed by atoms with Gasteiger partial charge in [-0.15, -0.1) is 0 Å². The summed E-state index contributed by atoms with van der Waals surface area (Å²) < 4.78 is 15.9. The second kappa shape index (κ2) is 8.64. The predicted octanol–water partition coefficient (Wildman–Crippen LogP) is 2.85. The Morgan fingerprint density at radius 2 is 1.85 bits per heavy atom. The molecule has 0 unspecified atom stereocenters. The van der Waals surface area contributed by atoms with Crippen molar-refractivity contribution in [2.24, 2.45) is 0 Å². The molecule has 1 aliphatic rings. The number of rotatable bonds is 7. The first-order valence-corrected chi connectivity index (χ1v) is 8.77.